The number of rotatable bonds is 2. The normalized spacial score (nSPS) is 32.3. The van der Waals surface area contributed by atoms with Crippen LogP contribution in [0.15, 0.2) is 0 Å². The first kappa shape index (κ1) is 11.4. The smallest absolute Gasteiger partial charge is 0.240 e. The van der Waals surface area contributed by atoms with E-state index in [0.717, 1.165) is 13.0 Å². The van der Waals surface area contributed by atoms with Gasteiger partial charge in [0.15, 0.2) is 0 Å². The number of nitriles is 1. The van der Waals surface area contributed by atoms with Crippen molar-refractivity contribution in [2.45, 2.75) is 50.7 Å². The molecule has 1 aliphatic heterocycles. The van der Waals surface area contributed by atoms with Crippen molar-refractivity contribution in [3.8, 4) is 6.07 Å². The van der Waals surface area contributed by atoms with E-state index in [1.165, 1.54) is 12.8 Å². The van der Waals surface area contributed by atoms with Crippen LogP contribution in [0.2, 0.25) is 0 Å². The fraction of sp³-hybridized carbons (Fsp3) is 0.833. The average Bonchev–Trinajstić information content (AvgIpc) is 3.09. The van der Waals surface area contributed by atoms with Gasteiger partial charge in [-0.15, -0.1) is 0 Å². The Morgan fingerprint density at radius 3 is 2.69 bits per heavy atom. The van der Waals surface area contributed by atoms with Crippen LogP contribution in [0.5, 0.6) is 0 Å². The molecule has 2 aliphatic rings. The minimum absolute atomic E-state index is 0.124. The Hall–Kier alpha value is -1.08. The second-order valence-electron chi connectivity index (χ2n) is 4.93. The van der Waals surface area contributed by atoms with Crippen LogP contribution in [-0.2, 0) is 4.79 Å². The molecule has 2 atom stereocenters. The van der Waals surface area contributed by atoms with Crippen molar-refractivity contribution in [3.63, 3.8) is 0 Å². The predicted octanol–water partition coefficient (Wildman–Crippen LogP) is 0.984. The van der Waals surface area contributed by atoms with Crippen molar-refractivity contribution in [3.05, 3.63) is 0 Å². The standard InChI is InChI=1S/C12H19N3O/c1-9-6-8-15(10-3-4-10)11(5-7-13)12(16)14(9)2/h9-11H,3-6,8H2,1-2H3. The molecule has 1 aliphatic carbocycles. The van der Waals surface area contributed by atoms with Gasteiger partial charge in [-0.1, -0.05) is 0 Å². The zero-order valence-electron chi connectivity index (χ0n) is 10.0. The van der Waals surface area contributed by atoms with E-state index in [0.29, 0.717) is 12.5 Å². The van der Waals surface area contributed by atoms with Gasteiger partial charge in [0.25, 0.3) is 0 Å². The second-order valence-corrected chi connectivity index (χ2v) is 4.93. The van der Waals surface area contributed by atoms with Gasteiger partial charge in [-0.2, -0.15) is 5.26 Å². The quantitative estimate of drug-likeness (QED) is 0.698. The van der Waals surface area contributed by atoms with Crippen LogP contribution in [0.3, 0.4) is 0 Å². The maximum atomic E-state index is 12.2. The number of hydrogen-bond acceptors (Lipinski definition) is 3. The number of hydrogen-bond donors (Lipinski definition) is 0. The Morgan fingerprint density at radius 1 is 1.44 bits per heavy atom. The molecule has 0 radical (unpaired) electrons. The fourth-order valence-corrected chi connectivity index (χ4v) is 2.41. The lowest BCUT2D eigenvalue weighted by atomic mass is 10.1. The highest BCUT2D eigenvalue weighted by Gasteiger charge is 2.40. The summed E-state index contributed by atoms with van der Waals surface area (Å²) in [5, 5.41) is 8.85. The largest absolute Gasteiger partial charge is 0.342 e. The van der Waals surface area contributed by atoms with E-state index in [4.69, 9.17) is 5.26 Å². The molecule has 4 nitrogen and oxygen atoms in total. The molecule has 0 spiro atoms. The summed E-state index contributed by atoms with van der Waals surface area (Å²) >= 11 is 0. The van der Waals surface area contributed by atoms with E-state index in [9.17, 15) is 4.79 Å². The van der Waals surface area contributed by atoms with Gasteiger partial charge in [-0.05, 0) is 26.2 Å². The zero-order chi connectivity index (χ0) is 11.7. The summed E-state index contributed by atoms with van der Waals surface area (Å²) in [5.74, 6) is 0.124. The minimum Gasteiger partial charge on any atom is -0.342 e. The minimum atomic E-state index is -0.201. The molecular formula is C12H19N3O. The van der Waals surface area contributed by atoms with Gasteiger partial charge in [-0.25, -0.2) is 0 Å². The Bertz CT molecular complexity index is 319. The Labute approximate surface area is 96.8 Å². The van der Waals surface area contributed by atoms with Gasteiger partial charge in [0, 0.05) is 25.7 Å². The summed E-state index contributed by atoms with van der Waals surface area (Å²) in [5.41, 5.74) is 0. The average molecular weight is 221 g/mol. The van der Waals surface area contributed by atoms with Crippen LogP contribution >= 0.6 is 0 Å². The van der Waals surface area contributed by atoms with Crippen molar-refractivity contribution in [2.24, 2.45) is 0 Å². The van der Waals surface area contributed by atoms with E-state index < -0.39 is 0 Å². The van der Waals surface area contributed by atoms with Crippen LogP contribution in [-0.4, -0.2) is 47.4 Å². The van der Waals surface area contributed by atoms with E-state index in [2.05, 4.69) is 17.9 Å². The number of carbonyl (C=O) groups is 1. The molecule has 1 saturated carbocycles. The van der Waals surface area contributed by atoms with Crippen LogP contribution in [0.4, 0.5) is 0 Å². The third-order valence-corrected chi connectivity index (χ3v) is 3.80. The van der Waals surface area contributed by atoms with Gasteiger partial charge >= 0.3 is 0 Å². The van der Waals surface area contributed by atoms with Crippen LogP contribution < -0.4 is 0 Å². The van der Waals surface area contributed by atoms with Crippen LogP contribution in [0, 0.1) is 11.3 Å². The molecular weight excluding hydrogens is 202 g/mol. The number of likely N-dealkylation sites (N-methyl/N-ethyl adjacent to an activating group) is 1. The molecule has 4 heteroatoms. The molecule has 88 valence electrons. The molecule has 0 aromatic carbocycles. The summed E-state index contributed by atoms with van der Waals surface area (Å²) in [4.78, 5) is 16.3. The number of amides is 1. The Balaban J connectivity index is 2.18. The van der Waals surface area contributed by atoms with Gasteiger partial charge in [-0.3, -0.25) is 9.69 Å². The Kier molecular flexibility index (Phi) is 3.15. The lowest BCUT2D eigenvalue weighted by Crippen LogP contribution is -2.46. The summed E-state index contributed by atoms with van der Waals surface area (Å²) in [6.07, 6.45) is 3.72. The molecule has 1 saturated heterocycles. The van der Waals surface area contributed by atoms with Crippen molar-refractivity contribution < 1.29 is 4.79 Å². The maximum Gasteiger partial charge on any atom is 0.240 e. The first-order chi connectivity index (χ1) is 7.65. The summed E-state index contributed by atoms with van der Waals surface area (Å²) in [7, 11) is 1.85. The monoisotopic (exact) mass is 221 g/mol. The molecule has 16 heavy (non-hydrogen) atoms. The van der Waals surface area contributed by atoms with E-state index >= 15 is 0 Å². The lowest BCUT2D eigenvalue weighted by molar-refractivity contribution is -0.135. The molecule has 2 unspecified atom stereocenters. The topological polar surface area (TPSA) is 47.3 Å². The van der Waals surface area contributed by atoms with Gasteiger partial charge < -0.3 is 4.90 Å². The summed E-state index contributed by atoms with van der Waals surface area (Å²) in [6.45, 7) is 3.03. The Morgan fingerprint density at radius 2 is 2.12 bits per heavy atom. The molecule has 0 bridgehead atoms. The highest BCUT2D eigenvalue weighted by atomic mass is 16.2. The van der Waals surface area contributed by atoms with E-state index in [-0.39, 0.29) is 18.0 Å². The first-order valence-electron chi connectivity index (χ1n) is 6.04. The van der Waals surface area contributed by atoms with Crippen LogP contribution in [0.1, 0.15) is 32.6 Å². The SMILES string of the molecule is CC1CCN(C2CC2)C(CC#N)C(=O)N1C. The summed E-state index contributed by atoms with van der Waals surface area (Å²) < 4.78 is 0. The molecule has 0 aromatic heterocycles. The van der Waals surface area contributed by atoms with Gasteiger partial charge in [0.05, 0.1) is 12.5 Å². The number of carbonyl (C=O) groups excluding carboxylic acids is 1. The van der Waals surface area contributed by atoms with Gasteiger partial charge in [0.1, 0.15) is 6.04 Å². The third-order valence-electron chi connectivity index (χ3n) is 3.80. The van der Waals surface area contributed by atoms with Crippen molar-refractivity contribution >= 4 is 5.91 Å². The molecule has 0 N–H and O–H groups in total. The summed E-state index contributed by atoms with van der Waals surface area (Å²) in [6, 6.07) is 2.80. The van der Waals surface area contributed by atoms with E-state index in [1.807, 2.05) is 11.9 Å². The van der Waals surface area contributed by atoms with E-state index in [1.54, 1.807) is 0 Å². The maximum absolute atomic E-state index is 12.2. The van der Waals surface area contributed by atoms with Crippen LogP contribution in [0.25, 0.3) is 0 Å². The highest BCUT2D eigenvalue weighted by molar-refractivity contribution is 5.82. The second kappa shape index (κ2) is 4.42. The molecule has 2 rings (SSSR count). The molecule has 0 aromatic rings. The zero-order valence-corrected chi connectivity index (χ0v) is 10.0. The highest BCUT2D eigenvalue weighted by Crippen LogP contribution is 2.32. The van der Waals surface area contributed by atoms with Crippen molar-refractivity contribution in [1.29, 1.82) is 5.26 Å². The molecule has 1 amide bonds. The van der Waals surface area contributed by atoms with Crippen molar-refractivity contribution in [2.75, 3.05) is 13.6 Å². The lowest BCUT2D eigenvalue weighted by Gasteiger charge is -2.28. The van der Waals surface area contributed by atoms with Gasteiger partial charge in [0.2, 0.25) is 5.91 Å². The van der Waals surface area contributed by atoms with Crippen molar-refractivity contribution in [1.82, 2.24) is 9.80 Å². The fourth-order valence-electron chi connectivity index (χ4n) is 2.41. The predicted molar refractivity (Wildman–Crippen MR) is 60.6 cm³/mol. The molecule has 1 heterocycles. The first-order valence-corrected chi connectivity index (χ1v) is 6.04. The third kappa shape index (κ3) is 2.05. The number of nitrogens with zero attached hydrogens (tertiary/aromatic N) is 3. The molecule has 2 fully saturated rings.